The summed E-state index contributed by atoms with van der Waals surface area (Å²) in [7, 11) is -3.90. The molecule has 0 atom stereocenters. The number of aromatic nitrogens is 2. The Bertz CT molecular complexity index is 1510. The largest absolute Gasteiger partial charge is 0.486 e. The van der Waals surface area contributed by atoms with E-state index in [2.05, 4.69) is 15.0 Å². The van der Waals surface area contributed by atoms with Crippen molar-refractivity contribution in [1.82, 2.24) is 14.9 Å². The third-order valence-corrected chi connectivity index (χ3v) is 7.04. The van der Waals surface area contributed by atoms with E-state index in [9.17, 15) is 13.2 Å². The molecule has 2 heterocycles. The van der Waals surface area contributed by atoms with E-state index in [-0.39, 0.29) is 23.0 Å². The van der Waals surface area contributed by atoms with Crippen LogP contribution >= 0.6 is 0 Å². The maximum Gasteiger partial charge on any atom is 0.262 e. The monoisotopic (exact) mass is 492 g/mol. The Morgan fingerprint density at radius 2 is 1.80 bits per heavy atom. The number of ether oxygens (including phenoxy) is 2. The quantitative estimate of drug-likeness (QED) is 0.408. The van der Waals surface area contributed by atoms with E-state index < -0.39 is 10.0 Å². The highest BCUT2D eigenvalue weighted by Gasteiger charge is 2.20. The van der Waals surface area contributed by atoms with Gasteiger partial charge in [0.2, 0.25) is 0 Å². The van der Waals surface area contributed by atoms with Gasteiger partial charge >= 0.3 is 0 Å². The predicted molar refractivity (Wildman–Crippen MR) is 131 cm³/mol. The molecule has 10 heteroatoms. The summed E-state index contributed by atoms with van der Waals surface area (Å²) in [6.07, 6.45) is 0. The topological polar surface area (TPSA) is 112 Å². The van der Waals surface area contributed by atoms with E-state index >= 15 is 0 Å². The van der Waals surface area contributed by atoms with E-state index in [1.807, 2.05) is 35.8 Å². The number of hydrogen-bond acceptors (Lipinski definition) is 6. The third kappa shape index (κ3) is 4.65. The molecule has 1 aromatic heterocycles. The van der Waals surface area contributed by atoms with Crippen molar-refractivity contribution in [2.24, 2.45) is 0 Å². The molecule has 0 bridgehead atoms. The highest BCUT2D eigenvalue weighted by Crippen LogP contribution is 2.32. The lowest BCUT2D eigenvalue weighted by atomic mass is 10.2. The number of anilines is 1. The molecule has 0 aliphatic carbocycles. The van der Waals surface area contributed by atoms with Crippen molar-refractivity contribution in [3.63, 3.8) is 0 Å². The molecule has 5 rings (SSSR count). The van der Waals surface area contributed by atoms with E-state index in [1.54, 1.807) is 24.3 Å². The Labute approximate surface area is 202 Å². The Hall–Kier alpha value is -4.05. The minimum Gasteiger partial charge on any atom is -0.486 e. The number of imidazole rings is 1. The molecular formula is C25H24N4O5S. The number of nitrogens with zero attached hydrogens (tertiary/aromatic N) is 2. The number of hydrogen-bond donors (Lipinski definition) is 2. The van der Waals surface area contributed by atoms with Crippen LogP contribution in [0, 0.1) is 0 Å². The van der Waals surface area contributed by atoms with Gasteiger partial charge < -0.3 is 19.4 Å². The maximum absolute atomic E-state index is 12.9. The van der Waals surface area contributed by atoms with E-state index in [0.717, 1.165) is 23.4 Å². The van der Waals surface area contributed by atoms with Crippen molar-refractivity contribution in [3.8, 4) is 11.5 Å². The molecule has 1 amide bonds. The van der Waals surface area contributed by atoms with Crippen molar-refractivity contribution >= 4 is 32.7 Å². The average molecular weight is 493 g/mol. The molecule has 0 unspecified atom stereocenters. The SMILES string of the molecule is CCn1c(CNC(=O)c2cccc(NS(=O)(=O)c3ccc4c(c3)OCCO4)c2)nc2ccccc21. The van der Waals surface area contributed by atoms with Crippen molar-refractivity contribution in [2.75, 3.05) is 17.9 Å². The van der Waals surface area contributed by atoms with Crippen molar-refractivity contribution in [1.29, 1.82) is 0 Å². The van der Waals surface area contributed by atoms with Gasteiger partial charge in [0.15, 0.2) is 11.5 Å². The van der Waals surface area contributed by atoms with Crippen LogP contribution in [0.4, 0.5) is 5.69 Å². The fourth-order valence-corrected chi connectivity index (χ4v) is 5.07. The van der Waals surface area contributed by atoms with Gasteiger partial charge in [-0.15, -0.1) is 0 Å². The van der Waals surface area contributed by atoms with Crippen LogP contribution in [0.2, 0.25) is 0 Å². The molecule has 3 aromatic carbocycles. The molecule has 4 aromatic rings. The number of amides is 1. The zero-order valence-corrected chi connectivity index (χ0v) is 19.8. The number of carbonyl (C=O) groups is 1. The lowest BCUT2D eigenvalue weighted by Crippen LogP contribution is -2.25. The molecule has 0 radical (unpaired) electrons. The smallest absolute Gasteiger partial charge is 0.262 e. The first-order valence-electron chi connectivity index (χ1n) is 11.2. The van der Waals surface area contributed by atoms with Crippen LogP contribution < -0.4 is 19.5 Å². The second-order valence-corrected chi connectivity index (χ2v) is 9.62. The summed E-state index contributed by atoms with van der Waals surface area (Å²) in [5.74, 6) is 1.30. The highest BCUT2D eigenvalue weighted by atomic mass is 32.2. The lowest BCUT2D eigenvalue weighted by molar-refractivity contribution is 0.0949. The molecule has 180 valence electrons. The molecule has 35 heavy (non-hydrogen) atoms. The summed E-state index contributed by atoms with van der Waals surface area (Å²) in [4.78, 5) is 17.5. The first kappa shape index (κ1) is 22.7. The minimum atomic E-state index is -3.90. The van der Waals surface area contributed by atoms with Crippen LogP contribution in [-0.4, -0.2) is 37.1 Å². The number of sulfonamides is 1. The Morgan fingerprint density at radius 3 is 2.63 bits per heavy atom. The number of carbonyl (C=O) groups excluding carboxylic acids is 1. The number of para-hydroxylation sites is 2. The third-order valence-electron chi connectivity index (χ3n) is 5.66. The van der Waals surface area contributed by atoms with Crippen LogP contribution in [0.5, 0.6) is 11.5 Å². The fourth-order valence-electron chi connectivity index (χ4n) is 4.00. The molecule has 0 saturated heterocycles. The average Bonchev–Trinajstić information content (AvgIpc) is 3.24. The molecule has 0 fully saturated rings. The van der Waals surface area contributed by atoms with Crippen molar-refractivity contribution < 1.29 is 22.7 Å². The molecule has 2 N–H and O–H groups in total. The number of benzene rings is 3. The van der Waals surface area contributed by atoms with Crippen molar-refractivity contribution in [3.05, 3.63) is 78.1 Å². The van der Waals surface area contributed by atoms with Gasteiger partial charge in [0.1, 0.15) is 19.0 Å². The van der Waals surface area contributed by atoms with Gasteiger partial charge in [-0.2, -0.15) is 0 Å². The summed E-state index contributed by atoms with van der Waals surface area (Å²) < 4.78 is 41.3. The number of aryl methyl sites for hydroxylation is 1. The van der Waals surface area contributed by atoms with Crippen LogP contribution in [-0.2, 0) is 23.1 Å². The number of nitrogens with one attached hydrogen (secondary N) is 2. The molecular weight excluding hydrogens is 468 g/mol. The van der Waals surface area contributed by atoms with E-state index in [1.165, 1.54) is 18.2 Å². The normalized spacial score (nSPS) is 12.9. The van der Waals surface area contributed by atoms with Gasteiger partial charge in [0, 0.05) is 23.9 Å². The molecule has 9 nitrogen and oxygen atoms in total. The predicted octanol–water partition coefficient (Wildman–Crippen LogP) is 3.56. The molecule has 0 spiro atoms. The molecule has 0 saturated carbocycles. The van der Waals surface area contributed by atoms with Gasteiger partial charge in [-0.25, -0.2) is 13.4 Å². The Balaban J connectivity index is 1.30. The number of rotatable bonds is 7. The maximum atomic E-state index is 12.9. The van der Waals surface area contributed by atoms with Gasteiger partial charge in [-0.05, 0) is 49.4 Å². The second-order valence-electron chi connectivity index (χ2n) is 7.94. The van der Waals surface area contributed by atoms with E-state index in [4.69, 9.17) is 9.47 Å². The summed E-state index contributed by atoms with van der Waals surface area (Å²) in [6, 6.07) is 18.6. The summed E-state index contributed by atoms with van der Waals surface area (Å²) >= 11 is 0. The van der Waals surface area contributed by atoms with Gasteiger partial charge in [-0.3, -0.25) is 9.52 Å². The standard InChI is InChI=1S/C25H24N4O5S/c1-2-29-21-9-4-3-8-20(21)27-24(29)16-26-25(30)17-6-5-7-18(14-17)28-35(31,32)19-10-11-22-23(15-19)34-13-12-33-22/h3-11,14-15,28H,2,12-13,16H2,1H3,(H,26,30). The second kappa shape index (κ2) is 9.30. The van der Waals surface area contributed by atoms with Gasteiger partial charge in [-0.1, -0.05) is 18.2 Å². The highest BCUT2D eigenvalue weighted by molar-refractivity contribution is 7.92. The molecule has 1 aliphatic heterocycles. The van der Waals surface area contributed by atoms with Crippen molar-refractivity contribution in [2.45, 2.75) is 24.9 Å². The fraction of sp³-hybridized carbons (Fsp3) is 0.200. The van der Waals surface area contributed by atoms with E-state index in [0.29, 0.717) is 30.3 Å². The summed E-state index contributed by atoms with van der Waals surface area (Å²) in [5.41, 5.74) is 2.48. The zero-order valence-electron chi connectivity index (χ0n) is 19.0. The van der Waals surface area contributed by atoms with Crippen LogP contribution in [0.1, 0.15) is 23.1 Å². The first-order chi connectivity index (χ1) is 16.9. The van der Waals surface area contributed by atoms with Gasteiger partial charge in [0.05, 0.1) is 22.5 Å². The number of fused-ring (bicyclic) bond motifs is 2. The lowest BCUT2D eigenvalue weighted by Gasteiger charge is -2.19. The zero-order chi connectivity index (χ0) is 24.4. The molecule has 1 aliphatic rings. The Kier molecular flexibility index (Phi) is 6.04. The minimum absolute atomic E-state index is 0.0371. The summed E-state index contributed by atoms with van der Waals surface area (Å²) in [6.45, 7) is 3.77. The first-order valence-corrected chi connectivity index (χ1v) is 12.7. The van der Waals surface area contributed by atoms with Crippen LogP contribution in [0.3, 0.4) is 0 Å². The van der Waals surface area contributed by atoms with Gasteiger partial charge in [0.25, 0.3) is 15.9 Å². The Morgan fingerprint density at radius 1 is 1.00 bits per heavy atom. The van der Waals surface area contributed by atoms with Crippen LogP contribution in [0.25, 0.3) is 11.0 Å². The van der Waals surface area contributed by atoms with Crippen LogP contribution in [0.15, 0.2) is 71.6 Å². The summed E-state index contributed by atoms with van der Waals surface area (Å²) in [5, 5.41) is 2.88.